The molecule has 2 amide bonds. The lowest BCUT2D eigenvalue weighted by molar-refractivity contribution is -0.139. The van der Waals surface area contributed by atoms with Crippen molar-refractivity contribution >= 4 is 12.0 Å². The van der Waals surface area contributed by atoms with Crippen LogP contribution in [0.3, 0.4) is 0 Å². The molecule has 0 aromatic heterocycles. The van der Waals surface area contributed by atoms with E-state index in [0.29, 0.717) is 19.5 Å². The highest BCUT2D eigenvalue weighted by Crippen LogP contribution is 2.16. The van der Waals surface area contributed by atoms with Gasteiger partial charge in [0.2, 0.25) is 5.91 Å². The van der Waals surface area contributed by atoms with E-state index in [1.165, 1.54) is 4.90 Å². The maximum Gasteiger partial charge on any atom is 0.407 e. The fourth-order valence-electron chi connectivity index (χ4n) is 1.86. The maximum absolute atomic E-state index is 11.0. The molecule has 78 valence electrons. The molecular weight excluding hydrogens is 188 g/mol. The zero-order valence-electron chi connectivity index (χ0n) is 7.60. The normalized spacial score (nSPS) is 32.0. The number of hydrogen-bond acceptors (Lipinski definition) is 3. The highest BCUT2D eigenvalue weighted by Gasteiger charge is 2.36. The van der Waals surface area contributed by atoms with Crippen LogP contribution >= 0.6 is 0 Å². The van der Waals surface area contributed by atoms with Gasteiger partial charge >= 0.3 is 6.09 Å². The first-order valence-corrected chi connectivity index (χ1v) is 4.55. The third-order valence-corrected chi connectivity index (χ3v) is 2.60. The van der Waals surface area contributed by atoms with Gasteiger partial charge in [0.25, 0.3) is 0 Å². The maximum atomic E-state index is 11.0. The second-order valence-corrected chi connectivity index (χ2v) is 3.54. The third-order valence-electron chi connectivity index (χ3n) is 2.60. The molecule has 2 saturated heterocycles. The van der Waals surface area contributed by atoms with E-state index in [2.05, 4.69) is 5.32 Å². The summed E-state index contributed by atoms with van der Waals surface area (Å²) in [6.45, 7) is 0.842. The Labute approximate surface area is 80.8 Å². The number of morpholine rings is 1. The van der Waals surface area contributed by atoms with Crippen LogP contribution in [-0.2, 0) is 9.53 Å². The van der Waals surface area contributed by atoms with Crippen LogP contribution in [0, 0.1) is 0 Å². The van der Waals surface area contributed by atoms with Gasteiger partial charge in [-0.05, 0) is 6.42 Å². The lowest BCUT2D eigenvalue weighted by Crippen LogP contribution is -2.60. The minimum Gasteiger partial charge on any atom is -0.465 e. The lowest BCUT2D eigenvalue weighted by Gasteiger charge is -2.39. The Bertz CT molecular complexity index is 268. The molecule has 0 spiro atoms. The summed E-state index contributed by atoms with van der Waals surface area (Å²) in [6.07, 6.45) is -0.482. The van der Waals surface area contributed by atoms with Gasteiger partial charge < -0.3 is 20.1 Å². The number of piperidine rings is 1. The fourth-order valence-corrected chi connectivity index (χ4v) is 1.86. The fraction of sp³-hybridized carbons (Fsp3) is 0.750. The predicted octanol–water partition coefficient (Wildman–Crippen LogP) is -0.746. The molecule has 2 heterocycles. The van der Waals surface area contributed by atoms with Crippen LogP contribution in [0.5, 0.6) is 0 Å². The highest BCUT2D eigenvalue weighted by atomic mass is 16.5. The van der Waals surface area contributed by atoms with Crippen molar-refractivity contribution in [3.63, 3.8) is 0 Å². The second kappa shape index (κ2) is 3.45. The van der Waals surface area contributed by atoms with E-state index in [-0.39, 0.29) is 24.7 Å². The lowest BCUT2D eigenvalue weighted by atomic mass is 10.0. The van der Waals surface area contributed by atoms with Gasteiger partial charge in [0.1, 0.15) is 6.61 Å². The van der Waals surface area contributed by atoms with E-state index in [4.69, 9.17) is 9.84 Å². The molecule has 0 bridgehead atoms. The highest BCUT2D eigenvalue weighted by molar-refractivity contribution is 5.78. The first-order valence-electron chi connectivity index (χ1n) is 4.55. The third kappa shape index (κ3) is 1.65. The molecule has 2 atom stereocenters. The Hall–Kier alpha value is -1.30. The van der Waals surface area contributed by atoms with Crippen molar-refractivity contribution in [1.29, 1.82) is 0 Å². The van der Waals surface area contributed by atoms with Crippen LogP contribution in [-0.4, -0.2) is 53.8 Å². The molecule has 0 aromatic carbocycles. The summed E-state index contributed by atoms with van der Waals surface area (Å²) in [4.78, 5) is 23.0. The molecule has 2 aliphatic heterocycles. The number of carbonyl (C=O) groups is 2. The molecule has 0 aromatic rings. The Balaban J connectivity index is 1.98. The molecule has 2 aliphatic rings. The number of carboxylic acid groups (broad SMARTS) is 1. The van der Waals surface area contributed by atoms with Gasteiger partial charge in [-0.1, -0.05) is 0 Å². The SMILES string of the molecule is O=C1COC2CN(C(=O)O)CCC2N1. The number of ether oxygens (including phenoxy) is 1. The Morgan fingerprint density at radius 1 is 1.64 bits per heavy atom. The molecule has 0 saturated carbocycles. The minimum absolute atomic E-state index is 0.0214. The smallest absolute Gasteiger partial charge is 0.407 e. The summed E-state index contributed by atoms with van der Waals surface area (Å²) in [5.74, 6) is -0.116. The number of fused-ring (bicyclic) bond motifs is 1. The molecule has 2 fully saturated rings. The number of rotatable bonds is 0. The van der Waals surface area contributed by atoms with Crippen LogP contribution in [0.1, 0.15) is 6.42 Å². The number of likely N-dealkylation sites (tertiary alicyclic amines) is 1. The average Bonchev–Trinajstić information content (AvgIpc) is 2.16. The van der Waals surface area contributed by atoms with Crippen molar-refractivity contribution in [3.8, 4) is 0 Å². The van der Waals surface area contributed by atoms with Gasteiger partial charge in [-0.2, -0.15) is 0 Å². The average molecular weight is 200 g/mol. The van der Waals surface area contributed by atoms with E-state index in [9.17, 15) is 9.59 Å². The van der Waals surface area contributed by atoms with E-state index >= 15 is 0 Å². The summed E-state index contributed by atoms with van der Waals surface area (Å²) in [6, 6.07) is -0.0214. The number of hydrogen-bond donors (Lipinski definition) is 2. The molecule has 0 radical (unpaired) electrons. The molecular formula is C8H12N2O4. The van der Waals surface area contributed by atoms with Crippen LogP contribution in [0.2, 0.25) is 0 Å². The van der Waals surface area contributed by atoms with Crippen molar-refractivity contribution in [1.82, 2.24) is 10.2 Å². The molecule has 14 heavy (non-hydrogen) atoms. The number of nitrogens with zero attached hydrogens (tertiary/aromatic N) is 1. The monoisotopic (exact) mass is 200 g/mol. The van der Waals surface area contributed by atoms with Crippen molar-refractivity contribution in [3.05, 3.63) is 0 Å². The van der Waals surface area contributed by atoms with Crippen molar-refractivity contribution in [2.75, 3.05) is 19.7 Å². The largest absolute Gasteiger partial charge is 0.465 e. The van der Waals surface area contributed by atoms with E-state index in [0.717, 1.165) is 0 Å². The van der Waals surface area contributed by atoms with E-state index in [1.807, 2.05) is 0 Å². The van der Waals surface area contributed by atoms with Crippen molar-refractivity contribution in [2.24, 2.45) is 0 Å². The van der Waals surface area contributed by atoms with E-state index in [1.54, 1.807) is 0 Å². The van der Waals surface area contributed by atoms with Crippen LogP contribution < -0.4 is 5.32 Å². The summed E-state index contributed by atoms with van der Waals surface area (Å²) < 4.78 is 5.26. The first kappa shape index (κ1) is 9.26. The van der Waals surface area contributed by atoms with Crippen molar-refractivity contribution < 1.29 is 19.4 Å². The van der Waals surface area contributed by atoms with Gasteiger partial charge in [-0.3, -0.25) is 4.79 Å². The molecule has 2 N–H and O–H groups in total. The summed E-state index contributed by atoms with van der Waals surface area (Å²) in [5.41, 5.74) is 0. The Morgan fingerprint density at radius 3 is 3.14 bits per heavy atom. The molecule has 0 aliphatic carbocycles. The second-order valence-electron chi connectivity index (χ2n) is 3.54. The first-order chi connectivity index (χ1) is 6.66. The van der Waals surface area contributed by atoms with Gasteiger partial charge in [0.15, 0.2) is 0 Å². The summed E-state index contributed by atoms with van der Waals surface area (Å²) >= 11 is 0. The van der Waals surface area contributed by atoms with Gasteiger partial charge in [0, 0.05) is 6.54 Å². The minimum atomic E-state index is -0.927. The quantitative estimate of drug-likeness (QED) is 0.539. The van der Waals surface area contributed by atoms with E-state index < -0.39 is 6.09 Å². The van der Waals surface area contributed by atoms with Crippen LogP contribution in [0.4, 0.5) is 4.79 Å². The number of amides is 2. The van der Waals surface area contributed by atoms with Gasteiger partial charge in [0.05, 0.1) is 18.7 Å². The molecule has 2 unspecified atom stereocenters. The van der Waals surface area contributed by atoms with Crippen molar-refractivity contribution in [2.45, 2.75) is 18.6 Å². The summed E-state index contributed by atoms with van der Waals surface area (Å²) in [7, 11) is 0. The van der Waals surface area contributed by atoms with Gasteiger partial charge in [-0.15, -0.1) is 0 Å². The number of carbonyl (C=O) groups excluding carboxylic acids is 1. The standard InChI is InChI=1S/C8H12N2O4/c11-7-4-14-6-3-10(8(12)13)2-1-5(6)9-7/h5-6H,1-4H2,(H,9,11)(H,12,13). The Morgan fingerprint density at radius 2 is 2.43 bits per heavy atom. The molecule has 6 heteroatoms. The number of nitrogens with one attached hydrogen (secondary N) is 1. The Kier molecular flexibility index (Phi) is 2.28. The molecule has 2 rings (SSSR count). The zero-order chi connectivity index (χ0) is 10.1. The van der Waals surface area contributed by atoms with Gasteiger partial charge in [-0.25, -0.2) is 4.79 Å². The molecule has 6 nitrogen and oxygen atoms in total. The zero-order valence-corrected chi connectivity index (χ0v) is 7.60. The van der Waals surface area contributed by atoms with Crippen LogP contribution in [0.15, 0.2) is 0 Å². The predicted molar refractivity (Wildman–Crippen MR) is 45.9 cm³/mol. The topological polar surface area (TPSA) is 78.9 Å². The van der Waals surface area contributed by atoms with Crippen LogP contribution in [0.25, 0.3) is 0 Å². The summed E-state index contributed by atoms with van der Waals surface area (Å²) in [5, 5.41) is 11.6.